The normalized spacial score (nSPS) is 31.6. The number of aliphatic hydroxyl groups is 1. The molecule has 1 saturated heterocycles. The number of β-amino-alcohol motifs (C(OH)–C–C–N with tert-alkyl or cyclic N) is 1. The van der Waals surface area contributed by atoms with E-state index in [4.69, 9.17) is 4.74 Å². The van der Waals surface area contributed by atoms with Crippen LogP contribution in [-0.4, -0.2) is 49.5 Å². The van der Waals surface area contributed by atoms with Gasteiger partial charge in [0.05, 0.1) is 18.3 Å². The van der Waals surface area contributed by atoms with Crippen molar-refractivity contribution in [2.75, 3.05) is 19.7 Å². The Morgan fingerprint density at radius 1 is 1.20 bits per heavy atom. The number of aliphatic hydroxyl groups excluding tert-OH is 1. The van der Waals surface area contributed by atoms with E-state index in [1.54, 1.807) is 0 Å². The summed E-state index contributed by atoms with van der Waals surface area (Å²) < 4.78 is 49.0. The molecule has 3 aliphatic carbocycles. The number of amides is 1. The number of nitrogens with one attached hydrogen (secondary N) is 1. The molecule has 0 spiro atoms. The zero-order valence-corrected chi connectivity index (χ0v) is 21.4. The van der Waals surface area contributed by atoms with Crippen molar-refractivity contribution < 1.29 is 27.4 Å². The van der Waals surface area contributed by atoms with Crippen LogP contribution in [0.25, 0.3) is 0 Å². The number of rotatable bonds is 8. The second-order valence-corrected chi connectivity index (χ2v) is 13.3. The average Bonchev–Trinajstić information content (AvgIpc) is 3.59. The summed E-state index contributed by atoms with van der Waals surface area (Å²) in [6.45, 7) is 4.97. The van der Waals surface area contributed by atoms with Crippen molar-refractivity contribution in [1.29, 1.82) is 0 Å². The maximum absolute atomic E-state index is 15.1. The number of fused-ring (bicyclic) bond motifs is 2. The van der Waals surface area contributed by atoms with Gasteiger partial charge in [0.2, 0.25) is 0 Å². The molecule has 2 unspecified atom stereocenters. The number of hydrogen-bond acceptors (Lipinski definition) is 5. The molecule has 2 bridgehead atoms. The lowest BCUT2D eigenvalue weighted by atomic mass is 9.58. The van der Waals surface area contributed by atoms with Crippen LogP contribution in [0.15, 0.2) is 12.1 Å². The molecule has 3 saturated carbocycles. The Hall–Kier alpha value is -1.71. The van der Waals surface area contributed by atoms with Crippen molar-refractivity contribution in [3.63, 3.8) is 0 Å². The van der Waals surface area contributed by atoms with E-state index in [-0.39, 0.29) is 30.0 Å². The summed E-state index contributed by atoms with van der Waals surface area (Å²) in [6.07, 6.45) is 8.34. The third-order valence-electron chi connectivity index (χ3n) is 8.62. The first kappa shape index (κ1) is 25.0. The molecule has 4 fully saturated rings. The van der Waals surface area contributed by atoms with E-state index >= 15 is 4.39 Å². The Kier molecular flexibility index (Phi) is 6.64. The van der Waals surface area contributed by atoms with Gasteiger partial charge >= 0.3 is 10.2 Å². The maximum Gasteiger partial charge on any atom is 0.304 e. The largest absolute Gasteiger partial charge is 0.493 e. The molecule has 1 amide bonds. The van der Waals surface area contributed by atoms with Crippen molar-refractivity contribution in [3.8, 4) is 5.75 Å². The van der Waals surface area contributed by atoms with Crippen LogP contribution >= 0.6 is 0 Å². The Balaban J connectivity index is 1.32. The lowest BCUT2D eigenvalue weighted by molar-refractivity contribution is -0.000676. The maximum atomic E-state index is 15.1. The highest BCUT2D eigenvalue weighted by Crippen LogP contribution is 2.52. The van der Waals surface area contributed by atoms with E-state index in [9.17, 15) is 18.3 Å². The van der Waals surface area contributed by atoms with Gasteiger partial charge in [0.15, 0.2) is 0 Å². The number of carbonyl (C=O) groups is 1. The molecule has 9 heteroatoms. The van der Waals surface area contributed by atoms with Crippen molar-refractivity contribution in [3.05, 3.63) is 29.1 Å². The molecule has 194 valence electrons. The molecule has 1 aromatic rings. The zero-order valence-electron chi connectivity index (χ0n) is 20.6. The highest BCUT2D eigenvalue weighted by atomic mass is 32.2. The van der Waals surface area contributed by atoms with Gasteiger partial charge < -0.3 is 9.84 Å². The molecule has 0 aromatic heterocycles. The molecule has 1 aliphatic heterocycles. The standard InChI is InChI=1S/C26H37FN2O5S/c1-3-26(11-17-6-16(2)7-18(8-17)12-26)15-34-24-10-23(27)22(9-21(24)19-4-5-19)25(31)28-35(32,33)29-13-20(30)14-29/h9-10,16-20,30H,3-8,11-15H2,1-2H3,(H,28,31). The highest BCUT2D eigenvalue weighted by Gasteiger charge is 2.43. The van der Waals surface area contributed by atoms with Gasteiger partial charge in [0.25, 0.3) is 5.91 Å². The molecule has 5 rings (SSSR count). The summed E-state index contributed by atoms with van der Waals surface area (Å²) in [5.74, 6) is 1.15. The Bertz CT molecular complexity index is 1070. The quantitative estimate of drug-likeness (QED) is 0.554. The lowest BCUT2D eigenvalue weighted by Crippen LogP contribution is -2.57. The Morgan fingerprint density at radius 3 is 2.43 bits per heavy atom. The molecule has 4 aliphatic rings. The first-order chi connectivity index (χ1) is 16.6. The van der Waals surface area contributed by atoms with Crippen LogP contribution in [0.2, 0.25) is 0 Å². The van der Waals surface area contributed by atoms with E-state index in [0.717, 1.165) is 59.7 Å². The van der Waals surface area contributed by atoms with Crippen molar-refractivity contribution in [2.45, 2.75) is 77.2 Å². The minimum Gasteiger partial charge on any atom is -0.493 e. The van der Waals surface area contributed by atoms with Crippen LogP contribution in [0.1, 0.15) is 87.1 Å². The van der Waals surface area contributed by atoms with Gasteiger partial charge in [-0.15, -0.1) is 0 Å². The van der Waals surface area contributed by atoms with E-state index in [0.29, 0.717) is 12.4 Å². The molecule has 0 radical (unpaired) electrons. The average molecular weight is 509 g/mol. The number of ether oxygens (including phenoxy) is 1. The van der Waals surface area contributed by atoms with E-state index in [1.165, 1.54) is 31.4 Å². The van der Waals surface area contributed by atoms with E-state index in [1.807, 2.05) is 4.72 Å². The van der Waals surface area contributed by atoms with Crippen LogP contribution in [-0.2, 0) is 10.2 Å². The third-order valence-corrected chi connectivity index (χ3v) is 10.0. The summed E-state index contributed by atoms with van der Waals surface area (Å²) >= 11 is 0. The van der Waals surface area contributed by atoms with Gasteiger partial charge in [-0.1, -0.05) is 13.8 Å². The predicted octanol–water partition coefficient (Wildman–Crippen LogP) is 3.98. The first-order valence-electron chi connectivity index (χ1n) is 13.0. The van der Waals surface area contributed by atoms with E-state index < -0.39 is 28.0 Å². The summed E-state index contributed by atoms with van der Waals surface area (Å²) in [5.41, 5.74) is 0.580. The van der Waals surface area contributed by atoms with Gasteiger partial charge in [-0.2, -0.15) is 12.7 Å². The van der Waals surface area contributed by atoms with Crippen molar-refractivity contribution >= 4 is 16.1 Å². The molecular formula is C26H37FN2O5S. The second-order valence-electron chi connectivity index (χ2n) is 11.6. The number of benzene rings is 1. The van der Waals surface area contributed by atoms with Gasteiger partial charge in [0, 0.05) is 24.6 Å². The lowest BCUT2D eigenvalue weighted by Gasteiger charge is -2.48. The van der Waals surface area contributed by atoms with Gasteiger partial charge in [0.1, 0.15) is 11.6 Å². The number of hydrogen-bond donors (Lipinski definition) is 2. The SMILES string of the molecule is CCC1(COc2cc(F)c(C(=O)NS(=O)(=O)N3CC(O)C3)cc2C2CC2)CC2CC(C)CC(C2)C1. The fraction of sp³-hybridized carbons (Fsp3) is 0.731. The Morgan fingerprint density at radius 2 is 1.86 bits per heavy atom. The van der Waals surface area contributed by atoms with E-state index in [2.05, 4.69) is 13.8 Å². The fourth-order valence-corrected chi connectivity index (χ4v) is 7.92. The highest BCUT2D eigenvalue weighted by molar-refractivity contribution is 7.87. The van der Waals surface area contributed by atoms with Gasteiger partial charge in [-0.05, 0) is 86.7 Å². The molecular weight excluding hydrogens is 471 g/mol. The summed E-state index contributed by atoms with van der Waals surface area (Å²) in [6, 6.07) is 2.73. The van der Waals surface area contributed by atoms with Crippen molar-refractivity contribution in [1.82, 2.24) is 9.03 Å². The number of nitrogens with zero attached hydrogens (tertiary/aromatic N) is 1. The van der Waals surface area contributed by atoms with Crippen LogP contribution in [0.5, 0.6) is 5.75 Å². The summed E-state index contributed by atoms with van der Waals surface area (Å²) in [4.78, 5) is 12.7. The van der Waals surface area contributed by atoms with Crippen molar-refractivity contribution in [2.24, 2.45) is 23.2 Å². The number of carbonyl (C=O) groups excluding carboxylic acids is 1. The molecule has 1 heterocycles. The fourth-order valence-electron chi connectivity index (χ4n) is 6.71. The van der Waals surface area contributed by atoms with Crippen LogP contribution in [0.4, 0.5) is 4.39 Å². The van der Waals surface area contributed by atoms with Crippen LogP contribution in [0.3, 0.4) is 0 Å². The molecule has 1 aromatic carbocycles. The number of halogens is 1. The molecule has 2 N–H and O–H groups in total. The smallest absolute Gasteiger partial charge is 0.304 e. The zero-order chi connectivity index (χ0) is 25.0. The topological polar surface area (TPSA) is 95.9 Å². The predicted molar refractivity (Wildman–Crippen MR) is 130 cm³/mol. The second kappa shape index (κ2) is 9.30. The summed E-state index contributed by atoms with van der Waals surface area (Å²) in [5, 5.41) is 9.36. The first-order valence-corrected chi connectivity index (χ1v) is 14.5. The molecule has 7 nitrogen and oxygen atoms in total. The Labute approximate surface area is 207 Å². The van der Waals surface area contributed by atoms with Crippen LogP contribution < -0.4 is 9.46 Å². The minimum absolute atomic E-state index is 0.0784. The van der Waals surface area contributed by atoms with Crippen LogP contribution in [0, 0.1) is 29.0 Å². The van der Waals surface area contributed by atoms with Gasteiger partial charge in [-0.3, -0.25) is 4.79 Å². The third kappa shape index (κ3) is 5.23. The van der Waals surface area contributed by atoms with Gasteiger partial charge in [-0.25, -0.2) is 9.11 Å². The monoisotopic (exact) mass is 508 g/mol. The molecule has 35 heavy (non-hydrogen) atoms. The summed E-state index contributed by atoms with van der Waals surface area (Å²) in [7, 11) is -4.12. The minimum atomic E-state index is -4.12. The molecule has 2 atom stereocenters.